The van der Waals surface area contributed by atoms with Crippen molar-refractivity contribution in [2.24, 2.45) is 0 Å². The lowest BCUT2D eigenvalue weighted by Crippen LogP contribution is -2.14. The molecular weight excluding hydrogens is 304 g/mol. The van der Waals surface area contributed by atoms with E-state index < -0.39 is 0 Å². The molecule has 1 amide bonds. The summed E-state index contributed by atoms with van der Waals surface area (Å²) in [4.78, 5) is 34.9. The SMILES string of the molecule is O=Cc1cccc2[nH]c(NC(=O)c3cc4ccccc4cn3)nc12. The first-order valence-electron chi connectivity index (χ1n) is 7.34. The molecule has 4 rings (SSSR count). The van der Waals surface area contributed by atoms with Gasteiger partial charge < -0.3 is 4.98 Å². The quantitative estimate of drug-likeness (QED) is 0.568. The van der Waals surface area contributed by atoms with E-state index >= 15 is 0 Å². The topological polar surface area (TPSA) is 87.7 Å². The maximum atomic E-state index is 12.4. The number of anilines is 1. The molecule has 0 fully saturated rings. The molecule has 0 saturated heterocycles. The molecule has 2 N–H and O–H groups in total. The van der Waals surface area contributed by atoms with Crippen molar-refractivity contribution in [1.29, 1.82) is 0 Å². The monoisotopic (exact) mass is 316 g/mol. The Hall–Kier alpha value is -3.54. The summed E-state index contributed by atoms with van der Waals surface area (Å²) in [6, 6.07) is 14.6. The van der Waals surface area contributed by atoms with E-state index in [2.05, 4.69) is 20.3 Å². The number of hydrogen-bond acceptors (Lipinski definition) is 4. The fourth-order valence-electron chi connectivity index (χ4n) is 2.59. The molecular formula is C18H12N4O2. The number of aromatic nitrogens is 3. The van der Waals surface area contributed by atoms with Crippen molar-refractivity contribution in [2.45, 2.75) is 0 Å². The van der Waals surface area contributed by atoms with Crippen molar-refractivity contribution >= 4 is 39.9 Å². The van der Waals surface area contributed by atoms with Crippen LogP contribution in [-0.2, 0) is 0 Å². The number of H-pyrrole nitrogens is 1. The average molecular weight is 316 g/mol. The molecule has 6 nitrogen and oxygen atoms in total. The number of pyridine rings is 1. The number of aromatic amines is 1. The third kappa shape index (κ3) is 2.40. The van der Waals surface area contributed by atoms with Crippen LogP contribution < -0.4 is 5.32 Å². The van der Waals surface area contributed by atoms with Crippen molar-refractivity contribution in [1.82, 2.24) is 15.0 Å². The Bertz CT molecular complexity index is 1080. The summed E-state index contributed by atoms with van der Waals surface area (Å²) in [6.07, 6.45) is 2.40. The molecule has 2 aromatic carbocycles. The molecule has 0 aliphatic heterocycles. The van der Waals surface area contributed by atoms with Crippen LogP contribution in [-0.4, -0.2) is 27.1 Å². The highest BCUT2D eigenvalue weighted by Crippen LogP contribution is 2.18. The zero-order chi connectivity index (χ0) is 16.5. The van der Waals surface area contributed by atoms with Gasteiger partial charge in [0.25, 0.3) is 5.91 Å². The Kier molecular flexibility index (Phi) is 3.28. The molecule has 6 heteroatoms. The number of fused-ring (bicyclic) bond motifs is 2. The van der Waals surface area contributed by atoms with Gasteiger partial charge in [-0.1, -0.05) is 30.3 Å². The molecule has 0 bridgehead atoms. The van der Waals surface area contributed by atoms with Crippen LogP contribution in [0.2, 0.25) is 0 Å². The summed E-state index contributed by atoms with van der Waals surface area (Å²) < 4.78 is 0. The molecule has 2 heterocycles. The molecule has 0 aliphatic rings. The maximum Gasteiger partial charge on any atom is 0.276 e. The number of rotatable bonds is 3. The number of imidazole rings is 1. The highest BCUT2D eigenvalue weighted by molar-refractivity contribution is 6.05. The zero-order valence-corrected chi connectivity index (χ0v) is 12.5. The normalized spacial score (nSPS) is 10.8. The smallest absolute Gasteiger partial charge is 0.276 e. The van der Waals surface area contributed by atoms with Crippen molar-refractivity contribution in [3.05, 3.63) is 66.0 Å². The fraction of sp³-hybridized carbons (Fsp3) is 0. The molecule has 0 unspecified atom stereocenters. The van der Waals surface area contributed by atoms with E-state index in [0.717, 1.165) is 17.1 Å². The molecule has 0 spiro atoms. The predicted molar refractivity (Wildman–Crippen MR) is 91.2 cm³/mol. The van der Waals surface area contributed by atoms with Gasteiger partial charge in [-0.3, -0.25) is 19.9 Å². The van der Waals surface area contributed by atoms with Crippen molar-refractivity contribution < 1.29 is 9.59 Å². The Balaban J connectivity index is 1.66. The predicted octanol–water partition coefficient (Wildman–Crippen LogP) is 3.18. The average Bonchev–Trinajstić information content (AvgIpc) is 3.03. The van der Waals surface area contributed by atoms with Gasteiger partial charge in [0, 0.05) is 17.1 Å². The van der Waals surface area contributed by atoms with Gasteiger partial charge in [0.1, 0.15) is 11.2 Å². The second kappa shape index (κ2) is 5.58. The highest BCUT2D eigenvalue weighted by atomic mass is 16.2. The van der Waals surface area contributed by atoms with Crippen LogP contribution in [0, 0.1) is 0 Å². The van der Waals surface area contributed by atoms with Crippen LogP contribution in [0.1, 0.15) is 20.8 Å². The minimum Gasteiger partial charge on any atom is -0.324 e. The first-order chi connectivity index (χ1) is 11.7. The Morgan fingerprint density at radius 2 is 1.92 bits per heavy atom. The second-order valence-corrected chi connectivity index (χ2v) is 5.32. The van der Waals surface area contributed by atoms with Gasteiger partial charge in [0.2, 0.25) is 5.95 Å². The summed E-state index contributed by atoms with van der Waals surface area (Å²) in [5.41, 5.74) is 1.97. The lowest BCUT2D eigenvalue weighted by atomic mass is 10.1. The molecule has 0 aliphatic carbocycles. The van der Waals surface area contributed by atoms with Gasteiger partial charge in [-0.25, -0.2) is 4.98 Å². The number of aldehydes is 1. The van der Waals surface area contributed by atoms with Crippen LogP contribution >= 0.6 is 0 Å². The number of para-hydroxylation sites is 1. The third-order valence-corrected chi connectivity index (χ3v) is 3.77. The summed E-state index contributed by atoms with van der Waals surface area (Å²) in [5.74, 6) is -0.0910. The number of nitrogens with zero attached hydrogens (tertiary/aromatic N) is 2. The number of nitrogens with one attached hydrogen (secondary N) is 2. The van der Waals surface area contributed by atoms with Gasteiger partial charge >= 0.3 is 0 Å². The van der Waals surface area contributed by atoms with E-state index in [-0.39, 0.29) is 11.9 Å². The zero-order valence-electron chi connectivity index (χ0n) is 12.5. The minimum absolute atomic E-state index is 0.277. The molecule has 0 radical (unpaired) electrons. The lowest BCUT2D eigenvalue weighted by Gasteiger charge is -2.03. The van der Waals surface area contributed by atoms with Gasteiger partial charge in [0.15, 0.2) is 6.29 Å². The lowest BCUT2D eigenvalue weighted by molar-refractivity contribution is 0.102. The van der Waals surface area contributed by atoms with Crippen molar-refractivity contribution in [3.8, 4) is 0 Å². The minimum atomic E-state index is -0.368. The van der Waals surface area contributed by atoms with Crippen molar-refractivity contribution in [2.75, 3.05) is 5.32 Å². The molecule has 24 heavy (non-hydrogen) atoms. The second-order valence-electron chi connectivity index (χ2n) is 5.32. The van der Waals surface area contributed by atoms with Gasteiger partial charge in [-0.2, -0.15) is 0 Å². The van der Waals surface area contributed by atoms with Crippen molar-refractivity contribution in [3.63, 3.8) is 0 Å². The number of hydrogen-bond donors (Lipinski definition) is 2. The number of carbonyl (C=O) groups is 2. The molecule has 4 aromatic rings. The van der Waals surface area contributed by atoms with E-state index in [4.69, 9.17) is 0 Å². The number of carbonyl (C=O) groups excluding carboxylic acids is 2. The molecule has 116 valence electrons. The summed E-state index contributed by atoms with van der Waals surface area (Å²) in [7, 11) is 0. The maximum absolute atomic E-state index is 12.4. The van der Waals surface area contributed by atoms with E-state index in [1.165, 1.54) is 0 Å². The van der Waals surface area contributed by atoms with Crippen LogP contribution in [0.3, 0.4) is 0 Å². The van der Waals surface area contributed by atoms with Gasteiger partial charge in [-0.15, -0.1) is 0 Å². The Morgan fingerprint density at radius 1 is 1.08 bits per heavy atom. The number of amides is 1. The van der Waals surface area contributed by atoms with Crippen LogP contribution in [0.25, 0.3) is 21.8 Å². The van der Waals surface area contributed by atoms with E-state index in [9.17, 15) is 9.59 Å². The Morgan fingerprint density at radius 3 is 2.75 bits per heavy atom. The fourth-order valence-corrected chi connectivity index (χ4v) is 2.59. The van der Waals surface area contributed by atoms with Crippen LogP contribution in [0.15, 0.2) is 54.7 Å². The summed E-state index contributed by atoms with van der Waals surface area (Å²) in [6.45, 7) is 0. The van der Waals surface area contributed by atoms with Crippen LogP contribution in [0.4, 0.5) is 5.95 Å². The molecule has 0 atom stereocenters. The van der Waals surface area contributed by atoms with E-state index in [1.807, 2.05) is 24.3 Å². The standard InChI is InChI=1S/C18H12N4O2/c23-10-13-6-3-7-14-16(13)21-18(20-14)22-17(24)15-8-11-4-1-2-5-12(11)9-19-15/h1-10H,(H2,20,21,22,24). The molecule has 2 aromatic heterocycles. The first kappa shape index (κ1) is 14.1. The third-order valence-electron chi connectivity index (χ3n) is 3.77. The summed E-state index contributed by atoms with van der Waals surface area (Å²) in [5, 5.41) is 4.58. The van der Waals surface area contributed by atoms with E-state index in [1.54, 1.807) is 30.5 Å². The largest absolute Gasteiger partial charge is 0.324 e. The first-order valence-corrected chi connectivity index (χ1v) is 7.34. The number of benzene rings is 2. The Labute approximate surface area is 136 Å². The highest BCUT2D eigenvalue weighted by Gasteiger charge is 2.12. The molecule has 0 saturated carbocycles. The van der Waals surface area contributed by atoms with E-state index in [0.29, 0.717) is 22.3 Å². The van der Waals surface area contributed by atoms with Crippen LogP contribution in [0.5, 0.6) is 0 Å². The van der Waals surface area contributed by atoms with Gasteiger partial charge in [-0.05, 0) is 23.6 Å². The van der Waals surface area contributed by atoms with Gasteiger partial charge in [0.05, 0.1) is 5.52 Å². The summed E-state index contributed by atoms with van der Waals surface area (Å²) >= 11 is 0.